The Bertz CT molecular complexity index is 822. The summed E-state index contributed by atoms with van der Waals surface area (Å²) in [5.74, 6) is -0.131. The molecule has 0 atom stereocenters. The van der Waals surface area contributed by atoms with E-state index in [0.29, 0.717) is 5.56 Å². The lowest BCUT2D eigenvalue weighted by molar-refractivity contribution is 0.102. The molecule has 0 saturated carbocycles. The van der Waals surface area contributed by atoms with Crippen LogP contribution in [-0.4, -0.2) is 21.3 Å². The van der Waals surface area contributed by atoms with Crippen molar-refractivity contribution in [1.29, 1.82) is 0 Å². The molecule has 1 aliphatic rings. The van der Waals surface area contributed by atoms with Crippen molar-refractivity contribution in [3.63, 3.8) is 0 Å². The Morgan fingerprint density at radius 1 is 0.850 bits per heavy atom. The topological polar surface area (TPSA) is 70.7 Å². The van der Waals surface area contributed by atoms with Gasteiger partial charge < -0.3 is 5.32 Å². The van der Waals surface area contributed by atoms with Crippen LogP contribution in [0.2, 0.25) is 0 Å². The lowest BCUT2D eigenvalue weighted by Crippen LogP contribution is -2.15. The quantitative estimate of drug-likeness (QED) is 0.654. The number of hydrogen-bond donors (Lipinski definition) is 2. The summed E-state index contributed by atoms with van der Waals surface area (Å²) in [7, 11) is 0. The lowest BCUT2D eigenvalue weighted by Gasteiger charge is -2.16. The van der Waals surface area contributed by atoms with Crippen molar-refractivity contribution in [2.75, 3.05) is 5.32 Å². The predicted octanol–water partition coefficient (Wildman–Crippen LogP) is 2.70. The van der Waals surface area contributed by atoms with Crippen molar-refractivity contribution in [2.24, 2.45) is 0 Å². The van der Waals surface area contributed by atoms with E-state index in [-0.39, 0.29) is 5.91 Å². The fourth-order valence-electron chi connectivity index (χ4n) is 2.49. The summed E-state index contributed by atoms with van der Waals surface area (Å²) in [5.41, 5.74) is 4.52. The van der Waals surface area contributed by atoms with Gasteiger partial charge in [-0.1, -0.05) is 41.6 Å². The lowest BCUT2D eigenvalue weighted by atomic mass is 9.97. The minimum Gasteiger partial charge on any atom is -0.321 e. The number of rotatable bonds is 0. The Labute approximate surface area is 114 Å². The molecular formula is C15H10N4O. The number of fused-ring (bicyclic) bond motifs is 5. The van der Waals surface area contributed by atoms with Crippen molar-refractivity contribution in [1.82, 2.24) is 15.4 Å². The molecule has 0 unspecified atom stereocenters. The molecule has 0 spiro atoms. The van der Waals surface area contributed by atoms with Crippen LogP contribution in [0.25, 0.3) is 22.5 Å². The molecule has 20 heavy (non-hydrogen) atoms. The summed E-state index contributed by atoms with van der Waals surface area (Å²) in [6.07, 6.45) is 0. The molecule has 96 valence electrons. The summed E-state index contributed by atoms with van der Waals surface area (Å²) in [5, 5.41) is 13.9. The highest BCUT2D eigenvalue weighted by atomic mass is 16.1. The first-order valence-electron chi connectivity index (χ1n) is 6.26. The number of para-hydroxylation sites is 1. The number of aromatic amines is 1. The van der Waals surface area contributed by atoms with Gasteiger partial charge in [0.05, 0.1) is 11.4 Å². The average molecular weight is 262 g/mol. The fourth-order valence-corrected chi connectivity index (χ4v) is 2.49. The highest BCUT2D eigenvalue weighted by Gasteiger charge is 2.23. The van der Waals surface area contributed by atoms with Crippen molar-refractivity contribution in [3.05, 3.63) is 54.1 Å². The molecule has 5 heteroatoms. The third-order valence-electron chi connectivity index (χ3n) is 3.42. The zero-order valence-electron chi connectivity index (χ0n) is 10.4. The zero-order valence-corrected chi connectivity index (χ0v) is 10.4. The second kappa shape index (κ2) is 4.03. The van der Waals surface area contributed by atoms with E-state index in [1.54, 1.807) is 6.07 Å². The van der Waals surface area contributed by atoms with Gasteiger partial charge in [-0.15, -0.1) is 5.10 Å². The van der Waals surface area contributed by atoms with Crippen LogP contribution in [0.15, 0.2) is 48.5 Å². The molecule has 0 saturated heterocycles. The molecule has 2 heterocycles. The number of H-pyrrole nitrogens is 1. The van der Waals surface area contributed by atoms with Gasteiger partial charge in [-0.05, 0) is 12.1 Å². The molecular weight excluding hydrogens is 252 g/mol. The van der Waals surface area contributed by atoms with Crippen LogP contribution in [0, 0.1) is 0 Å². The van der Waals surface area contributed by atoms with Crippen molar-refractivity contribution < 1.29 is 4.79 Å². The number of hydrogen-bond acceptors (Lipinski definition) is 3. The van der Waals surface area contributed by atoms with Crippen molar-refractivity contribution in [2.45, 2.75) is 0 Å². The van der Waals surface area contributed by atoms with Gasteiger partial charge in [0, 0.05) is 16.7 Å². The summed E-state index contributed by atoms with van der Waals surface area (Å²) >= 11 is 0. The Hall–Kier alpha value is -2.95. The minimum absolute atomic E-state index is 0.131. The highest BCUT2D eigenvalue weighted by molar-refractivity contribution is 6.12. The molecule has 0 fully saturated rings. The molecule has 0 radical (unpaired) electrons. The summed E-state index contributed by atoms with van der Waals surface area (Å²) in [6.45, 7) is 0. The molecule has 0 bridgehead atoms. The molecule has 1 aromatic heterocycles. The van der Waals surface area contributed by atoms with Crippen LogP contribution in [-0.2, 0) is 0 Å². The van der Waals surface area contributed by atoms with Gasteiger partial charge >= 0.3 is 0 Å². The summed E-state index contributed by atoms with van der Waals surface area (Å²) in [4.78, 5) is 12.4. The Kier molecular flexibility index (Phi) is 2.20. The number of carbonyl (C=O) groups excluding carboxylic acids is 1. The van der Waals surface area contributed by atoms with Gasteiger partial charge in [0.1, 0.15) is 5.69 Å². The SMILES string of the molecule is O=C1Nc2ccccc2-c2nn[nH]c2-c2ccccc21. The number of nitrogens with zero attached hydrogens (tertiary/aromatic N) is 2. The standard InChI is InChI=1S/C15H10N4O/c20-15-10-6-2-1-5-9(10)13-14(18-19-17-13)11-7-3-4-8-12(11)16-15/h1-8H,(H,16,20)(H,17,18,19). The maximum atomic E-state index is 12.4. The largest absolute Gasteiger partial charge is 0.321 e. The van der Waals surface area contributed by atoms with Gasteiger partial charge in [-0.25, -0.2) is 0 Å². The Morgan fingerprint density at radius 3 is 2.40 bits per heavy atom. The van der Waals surface area contributed by atoms with E-state index in [2.05, 4.69) is 20.7 Å². The first-order valence-corrected chi connectivity index (χ1v) is 6.26. The van der Waals surface area contributed by atoms with Gasteiger partial charge in [0.15, 0.2) is 0 Å². The first kappa shape index (κ1) is 10.9. The Morgan fingerprint density at radius 2 is 1.55 bits per heavy atom. The van der Waals surface area contributed by atoms with E-state index in [1.807, 2.05) is 42.5 Å². The minimum atomic E-state index is -0.131. The van der Waals surface area contributed by atoms with Crippen molar-refractivity contribution in [3.8, 4) is 22.5 Å². The smallest absolute Gasteiger partial charge is 0.256 e. The number of nitrogens with one attached hydrogen (secondary N) is 2. The first-order chi connectivity index (χ1) is 9.84. The van der Waals surface area contributed by atoms with Crippen LogP contribution < -0.4 is 5.32 Å². The van der Waals surface area contributed by atoms with Crippen molar-refractivity contribution >= 4 is 11.6 Å². The molecule has 3 aromatic rings. The third kappa shape index (κ3) is 1.46. The summed E-state index contributed by atoms with van der Waals surface area (Å²) in [6, 6.07) is 15.0. The number of anilines is 1. The van der Waals surface area contributed by atoms with E-state index in [0.717, 1.165) is 28.2 Å². The molecule has 2 N–H and O–H groups in total. The van der Waals surface area contributed by atoms with Gasteiger partial charge in [0.2, 0.25) is 0 Å². The van der Waals surface area contributed by atoms with E-state index in [4.69, 9.17) is 0 Å². The molecule has 4 rings (SSSR count). The molecule has 5 nitrogen and oxygen atoms in total. The van der Waals surface area contributed by atoms with Crippen LogP contribution in [0.1, 0.15) is 10.4 Å². The number of amides is 1. The number of aromatic nitrogens is 3. The van der Waals surface area contributed by atoms with Crippen LogP contribution in [0.4, 0.5) is 5.69 Å². The van der Waals surface area contributed by atoms with Gasteiger partial charge in [0.25, 0.3) is 5.91 Å². The van der Waals surface area contributed by atoms with Crippen LogP contribution in [0.5, 0.6) is 0 Å². The second-order valence-corrected chi connectivity index (χ2v) is 4.58. The van der Waals surface area contributed by atoms with Crippen LogP contribution >= 0.6 is 0 Å². The second-order valence-electron chi connectivity index (χ2n) is 4.58. The normalized spacial score (nSPS) is 12.5. The van der Waals surface area contributed by atoms with E-state index in [9.17, 15) is 4.79 Å². The number of benzene rings is 2. The number of carbonyl (C=O) groups is 1. The predicted molar refractivity (Wildman–Crippen MR) is 75.2 cm³/mol. The molecule has 1 amide bonds. The maximum Gasteiger partial charge on any atom is 0.256 e. The molecule has 2 aromatic carbocycles. The zero-order chi connectivity index (χ0) is 13.5. The monoisotopic (exact) mass is 262 g/mol. The van der Waals surface area contributed by atoms with E-state index >= 15 is 0 Å². The van der Waals surface area contributed by atoms with Crippen LogP contribution in [0.3, 0.4) is 0 Å². The molecule has 1 aliphatic heterocycles. The fraction of sp³-hybridized carbons (Fsp3) is 0. The average Bonchev–Trinajstić information content (AvgIpc) is 2.95. The van der Waals surface area contributed by atoms with E-state index in [1.165, 1.54) is 0 Å². The van der Waals surface area contributed by atoms with E-state index < -0.39 is 0 Å². The third-order valence-corrected chi connectivity index (χ3v) is 3.42. The van der Waals surface area contributed by atoms with Gasteiger partial charge in [-0.3, -0.25) is 9.89 Å². The Balaban J connectivity index is 2.10. The molecule has 0 aliphatic carbocycles. The highest BCUT2D eigenvalue weighted by Crippen LogP contribution is 2.36. The maximum absolute atomic E-state index is 12.4. The van der Waals surface area contributed by atoms with Gasteiger partial charge in [-0.2, -0.15) is 0 Å². The summed E-state index contributed by atoms with van der Waals surface area (Å²) < 4.78 is 0.